The van der Waals surface area contributed by atoms with E-state index in [1.807, 2.05) is 0 Å². The van der Waals surface area contributed by atoms with Crippen LogP contribution in [0.15, 0.2) is 24.3 Å². The summed E-state index contributed by atoms with van der Waals surface area (Å²) in [6.45, 7) is 5.43. The molecule has 1 aromatic rings. The van der Waals surface area contributed by atoms with Crippen LogP contribution < -0.4 is 4.74 Å². The topological polar surface area (TPSA) is 9.23 Å². The van der Waals surface area contributed by atoms with E-state index in [0.29, 0.717) is 0 Å². The van der Waals surface area contributed by atoms with Gasteiger partial charge in [-0.05, 0) is 48.8 Å². The van der Waals surface area contributed by atoms with Gasteiger partial charge in [-0.15, -0.1) is 0 Å². The van der Waals surface area contributed by atoms with E-state index in [2.05, 4.69) is 38.1 Å². The van der Waals surface area contributed by atoms with E-state index in [0.717, 1.165) is 24.2 Å². The molecule has 1 saturated carbocycles. The predicted octanol–water partition coefficient (Wildman–Crippen LogP) is 8.75. The van der Waals surface area contributed by atoms with Crippen molar-refractivity contribution in [2.45, 2.75) is 117 Å². The maximum absolute atomic E-state index is 5.85. The first-order valence-corrected chi connectivity index (χ1v) is 12.5. The number of aryl methyl sites for hydroxylation is 1. The van der Waals surface area contributed by atoms with Gasteiger partial charge in [0.2, 0.25) is 0 Å². The number of benzene rings is 1. The Morgan fingerprint density at radius 1 is 0.679 bits per heavy atom. The third kappa shape index (κ3) is 9.99. The highest BCUT2D eigenvalue weighted by Gasteiger charge is 2.20. The lowest BCUT2D eigenvalue weighted by molar-refractivity contribution is 0.245. The first-order valence-electron chi connectivity index (χ1n) is 12.5. The second-order valence-corrected chi connectivity index (χ2v) is 9.18. The Balaban J connectivity index is 1.50. The Morgan fingerprint density at radius 3 is 1.86 bits per heavy atom. The summed E-state index contributed by atoms with van der Waals surface area (Å²) in [6.07, 6.45) is 22.3. The van der Waals surface area contributed by atoms with Crippen LogP contribution in [0.3, 0.4) is 0 Å². The van der Waals surface area contributed by atoms with E-state index in [4.69, 9.17) is 4.74 Å². The monoisotopic (exact) mass is 386 g/mol. The molecule has 160 valence electrons. The van der Waals surface area contributed by atoms with Gasteiger partial charge in [0, 0.05) is 0 Å². The SMILES string of the molecule is CCCCCCOc1ccc(CCCCC2CCC(CCCCC)CC2)cc1. The van der Waals surface area contributed by atoms with E-state index >= 15 is 0 Å². The number of ether oxygens (including phenoxy) is 1. The lowest BCUT2D eigenvalue weighted by atomic mass is 9.78. The number of rotatable bonds is 15. The number of hydrogen-bond donors (Lipinski definition) is 0. The highest BCUT2D eigenvalue weighted by atomic mass is 16.5. The largest absolute Gasteiger partial charge is 0.494 e. The Bertz CT molecular complexity index is 470. The molecular weight excluding hydrogens is 340 g/mol. The van der Waals surface area contributed by atoms with Crippen molar-refractivity contribution in [3.8, 4) is 5.75 Å². The molecule has 1 aliphatic rings. The van der Waals surface area contributed by atoms with Crippen LogP contribution in [0.5, 0.6) is 5.75 Å². The molecule has 0 N–H and O–H groups in total. The van der Waals surface area contributed by atoms with Gasteiger partial charge in [-0.25, -0.2) is 0 Å². The number of unbranched alkanes of at least 4 members (excludes halogenated alkanes) is 6. The van der Waals surface area contributed by atoms with Gasteiger partial charge < -0.3 is 4.74 Å². The third-order valence-electron chi connectivity index (χ3n) is 6.70. The Labute approximate surface area is 175 Å². The fourth-order valence-electron chi connectivity index (χ4n) is 4.73. The fourth-order valence-corrected chi connectivity index (χ4v) is 4.73. The van der Waals surface area contributed by atoms with Crippen molar-refractivity contribution in [1.29, 1.82) is 0 Å². The summed E-state index contributed by atoms with van der Waals surface area (Å²) in [5, 5.41) is 0. The third-order valence-corrected chi connectivity index (χ3v) is 6.70. The Morgan fingerprint density at radius 2 is 1.25 bits per heavy atom. The zero-order valence-electron chi connectivity index (χ0n) is 18.9. The molecule has 0 unspecified atom stereocenters. The van der Waals surface area contributed by atoms with Gasteiger partial charge in [0.25, 0.3) is 0 Å². The zero-order valence-corrected chi connectivity index (χ0v) is 18.9. The molecule has 0 aliphatic heterocycles. The van der Waals surface area contributed by atoms with E-state index < -0.39 is 0 Å². The summed E-state index contributed by atoms with van der Waals surface area (Å²) in [5.74, 6) is 3.11. The maximum atomic E-state index is 5.85. The van der Waals surface area contributed by atoms with Gasteiger partial charge in [0.05, 0.1) is 6.61 Å². The molecule has 1 aliphatic carbocycles. The number of hydrogen-bond acceptors (Lipinski definition) is 1. The lowest BCUT2D eigenvalue weighted by Crippen LogP contribution is -2.14. The van der Waals surface area contributed by atoms with Crippen LogP contribution in [-0.2, 0) is 6.42 Å². The van der Waals surface area contributed by atoms with Crippen molar-refractivity contribution in [3.05, 3.63) is 29.8 Å². The molecule has 1 nitrogen and oxygen atoms in total. The summed E-state index contributed by atoms with van der Waals surface area (Å²) < 4.78 is 5.85. The second kappa shape index (κ2) is 14.9. The molecule has 0 heterocycles. The molecule has 0 atom stereocenters. The molecule has 1 fully saturated rings. The van der Waals surface area contributed by atoms with Gasteiger partial charge >= 0.3 is 0 Å². The van der Waals surface area contributed by atoms with Crippen LogP contribution >= 0.6 is 0 Å². The molecule has 1 aromatic carbocycles. The van der Waals surface area contributed by atoms with E-state index in [9.17, 15) is 0 Å². The van der Waals surface area contributed by atoms with E-state index in [-0.39, 0.29) is 0 Å². The van der Waals surface area contributed by atoms with Gasteiger partial charge in [-0.2, -0.15) is 0 Å². The standard InChI is InChI=1S/C27H46O/c1-3-5-7-11-23-28-27-21-19-26(20-22-27)14-10-9-13-25-17-15-24(16-18-25)12-8-6-4-2/h19-22,24-25H,3-18,23H2,1-2H3. The molecule has 0 bridgehead atoms. The molecular formula is C27H46O. The minimum absolute atomic E-state index is 0.861. The lowest BCUT2D eigenvalue weighted by Gasteiger charge is -2.28. The molecule has 1 heteroatoms. The average molecular weight is 387 g/mol. The summed E-state index contributed by atoms with van der Waals surface area (Å²) in [5.41, 5.74) is 1.47. The molecule has 0 aromatic heterocycles. The van der Waals surface area contributed by atoms with E-state index in [1.54, 1.807) is 0 Å². The Hall–Kier alpha value is -0.980. The molecule has 0 saturated heterocycles. The molecule has 28 heavy (non-hydrogen) atoms. The first-order chi connectivity index (χ1) is 13.8. The molecule has 2 rings (SSSR count). The quantitative estimate of drug-likeness (QED) is 0.274. The van der Waals surface area contributed by atoms with Crippen LogP contribution in [0.2, 0.25) is 0 Å². The van der Waals surface area contributed by atoms with Crippen molar-refractivity contribution in [3.63, 3.8) is 0 Å². The van der Waals surface area contributed by atoms with Crippen LogP contribution in [0, 0.1) is 11.8 Å². The van der Waals surface area contributed by atoms with Crippen LogP contribution in [0.4, 0.5) is 0 Å². The maximum Gasteiger partial charge on any atom is 0.119 e. The van der Waals surface area contributed by atoms with Crippen molar-refractivity contribution >= 4 is 0 Å². The molecule has 0 spiro atoms. The Kier molecular flexibility index (Phi) is 12.4. The molecule has 0 radical (unpaired) electrons. The second-order valence-electron chi connectivity index (χ2n) is 9.18. The smallest absolute Gasteiger partial charge is 0.119 e. The first kappa shape index (κ1) is 23.3. The fraction of sp³-hybridized carbons (Fsp3) is 0.778. The highest BCUT2D eigenvalue weighted by molar-refractivity contribution is 5.27. The van der Waals surface area contributed by atoms with Crippen molar-refractivity contribution in [2.75, 3.05) is 6.61 Å². The van der Waals surface area contributed by atoms with E-state index in [1.165, 1.54) is 108 Å². The molecule has 0 amide bonds. The van der Waals surface area contributed by atoms with Crippen molar-refractivity contribution in [2.24, 2.45) is 11.8 Å². The summed E-state index contributed by atoms with van der Waals surface area (Å²) >= 11 is 0. The zero-order chi connectivity index (χ0) is 19.9. The summed E-state index contributed by atoms with van der Waals surface area (Å²) in [7, 11) is 0. The highest BCUT2D eigenvalue weighted by Crippen LogP contribution is 2.34. The van der Waals surface area contributed by atoms with Crippen LogP contribution in [-0.4, -0.2) is 6.61 Å². The van der Waals surface area contributed by atoms with Gasteiger partial charge in [-0.1, -0.05) is 109 Å². The van der Waals surface area contributed by atoms with Crippen molar-refractivity contribution < 1.29 is 4.74 Å². The van der Waals surface area contributed by atoms with Crippen molar-refractivity contribution in [1.82, 2.24) is 0 Å². The van der Waals surface area contributed by atoms with Gasteiger partial charge in [0.1, 0.15) is 5.75 Å². The van der Waals surface area contributed by atoms with Gasteiger partial charge in [0.15, 0.2) is 0 Å². The predicted molar refractivity (Wildman–Crippen MR) is 123 cm³/mol. The van der Waals surface area contributed by atoms with Crippen LogP contribution in [0.1, 0.15) is 116 Å². The minimum atomic E-state index is 0.861. The summed E-state index contributed by atoms with van der Waals surface area (Å²) in [6, 6.07) is 8.86. The summed E-state index contributed by atoms with van der Waals surface area (Å²) in [4.78, 5) is 0. The van der Waals surface area contributed by atoms with Gasteiger partial charge in [-0.3, -0.25) is 0 Å². The average Bonchev–Trinajstić information content (AvgIpc) is 2.73. The van der Waals surface area contributed by atoms with Crippen LogP contribution in [0.25, 0.3) is 0 Å². The minimum Gasteiger partial charge on any atom is -0.494 e. The normalized spacial score (nSPS) is 19.6.